The first kappa shape index (κ1) is 21.0. The second-order valence-corrected chi connectivity index (χ2v) is 8.03. The molecule has 0 spiro atoms. The molecule has 1 saturated heterocycles. The number of benzene rings is 1. The van der Waals surface area contributed by atoms with Crippen molar-refractivity contribution in [1.29, 1.82) is 0 Å². The number of nitrogens with one attached hydrogen (secondary N) is 2. The van der Waals surface area contributed by atoms with Crippen LogP contribution in [-0.4, -0.2) is 60.1 Å². The third-order valence-corrected chi connectivity index (χ3v) is 5.72. The number of rotatable bonds is 6. The second kappa shape index (κ2) is 9.70. The Hall–Kier alpha value is -3.26. The summed E-state index contributed by atoms with van der Waals surface area (Å²) in [5.41, 5.74) is 5.12. The Bertz CT molecular complexity index is 936. The quantitative estimate of drug-likeness (QED) is 0.747. The summed E-state index contributed by atoms with van der Waals surface area (Å²) in [4.78, 5) is 32.8. The number of nitrogens with zero attached hydrogens (tertiary/aromatic N) is 4. The summed E-state index contributed by atoms with van der Waals surface area (Å²) < 4.78 is 0. The van der Waals surface area contributed by atoms with Crippen LogP contribution >= 0.6 is 0 Å². The van der Waals surface area contributed by atoms with Crippen LogP contribution < -0.4 is 15.6 Å². The van der Waals surface area contributed by atoms with Gasteiger partial charge in [-0.2, -0.15) is 5.10 Å². The molecule has 0 radical (unpaired) electrons. The molecule has 0 saturated carbocycles. The minimum absolute atomic E-state index is 0.00976. The minimum Gasteiger partial charge on any atom is -0.354 e. The van der Waals surface area contributed by atoms with Crippen LogP contribution in [-0.2, 0) is 9.59 Å². The van der Waals surface area contributed by atoms with E-state index in [0.29, 0.717) is 12.8 Å². The van der Waals surface area contributed by atoms with Gasteiger partial charge >= 0.3 is 0 Å². The van der Waals surface area contributed by atoms with Crippen LogP contribution in [0.25, 0.3) is 0 Å². The molecule has 2 aliphatic rings. The average molecular weight is 421 g/mol. The fourth-order valence-electron chi connectivity index (χ4n) is 3.95. The van der Waals surface area contributed by atoms with E-state index in [-0.39, 0.29) is 17.7 Å². The van der Waals surface area contributed by atoms with Gasteiger partial charge in [0.1, 0.15) is 5.82 Å². The number of anilines is 2. The first-order valence-electron chi connectivity index (χ1n) is 10.7. The summed E-state index contributed by atoms with van der Waals surface area (Å²) >= 11 is 0. The molecule has 2 aliphatic heterocycles. The number of hydrazone groups is 1. The molecule has 1 fully saturated rings. The largest absolute Gasteiger partial charge is 0.354 e. The molecule has 0 aliphatic carbocycles. The van der Waals surface area contributed by atoms with Gasteiger partial charge in [-0.25, -0.2) is 10.4 Å². The standard InChI is InChI=1S/C23H28N6O2/c1-17-16-22(31)26-27-23(17)18-5-7-19(8-6-18)25-21(30)9-11-28-12-14-29(15-13-28)20-4-2-3-10-24-20/h2-8,10,17H,9,11-16H2,1H3,(H,25,30)(H,26,31). The predicted molar refractivity (Wildman–Crippen MR) is 121 cm³/mol. The first-order chi connectivity index (χ1) is 15.1. The van der Waals surface area contributed by atoms with Gasteiger partial charge in [0, 0.05) is 63.4 Å². The van der Waals surface area contributed by atoms with Crippen LogP contribution in [0.1, 0.15) is 25.3 Å². The van der Waals surface area contributed by atoms with E-state index in [1.165, 1.54) is 0 Å². The lowest BCUT2D eigenvalue weighted by atomic mass is 9.94. The fraction of sp³-hybridized carbons (Fsp3) is 0.391. The van der Waals surface area contributed by atoms with Gasteiger partial charge in [-0.05, 0) is 29.8 Å². The molecule has 1 aromatic carbocycles. The van der Waals surface area contributed by atoms with Gasteiger partial charge < -0.3 is 10.2 Å². The number of carbonyl (C=O) groups is 2. The highest BCUT2D eigenvalue weighted by Crippen LogP contribution is 2.19. The van der Waals surface area contributed by atoms with Gasteiger partial charge in [0.15, 0.2) is 0 Å². The number of piperazine rings is 1. The van der Waals surface area contributed by atoms with Crippen molar-refractivity contribution in [3.05, 3.63) is 54.2 Å². The molecule has 8 nitrogen and oxygen atoms in total. The van der Waals surface area contributed by atoms with Crippen LogP contribution in [0.3, 0.4) is 0 Å². The van der Waals surface area contributed by atoms with E-state index in [0.717, 1.165) is 55.5 Å². The van der Waals surface area contributed by atoms with Crippen LogP contribution in [0.2, 0.25) is 0 Å². The van der Waals surface area contributed by atoms with Crippen molar-refractivity contribution in [3.63, 3.8) is 0 Å². The molecule has 8 heteroatoms. The molecule has 1 unspecified atom stereocenters. The normalized spacial score (nSPS) is 19.5. The topological polar surface area (TPSA) is 89.9 Å². The van der Waals surface area contributed by atoms with Crippen LogP contribution in [0.4, 0.5) is 11.5 Å². The predicted octanol–water partition coefficient (Wildman–Crippen LogP) is 2.09. The Morgan fingerprint density at radius 3 is 2.58 bits per heavy atom. The molecule has 162 valence electrons. The Labute approximate surface area is 182 Å². The van der Waals surface area contributed by atoms with E-state index in [1.54, 1.807) is 0 Å². The lowest BCUT2D eigenvalue weighted by molar-refractivity contribution is -0.122. The van der Waals surface area contributed by atoms with Gasteiger partial charge in [0.2, 0.25) is 11.8 Å². The maximum atomic E-state index is 12.4. The van der Waals surface area contributed by atoms with E-state index in [1.807, 2.05) is 55.6 Å². The lowest BCUT2D eigenvalue weighted by Gasteiger charge is -2.35. The van der Waals surface area contributed by atoms with Crippen molar-refractivity contribution in [1.82, 2.24) is 15.3 Å². The molecular weight excluding hydrogens is 392 g/mol. The lowest BCUT2D eigenvalue weighted by Crippen LogP contribution is -2.47. The summed E-state index contributed by atoms with van der Waals surface area (Å²) in [7, 11) is 0. The Balaban J connectivity index is 1.22. The van der Waals surface area contributed by atoms with E-state index in [4.69, 9.17) is 0 Å². The maximum absolute atomic E-state index is 12.4. The van der Waals surface area contributed by atoms with Crippen molar-refractivity contribution < 1.29 is 9.59 Å². The molecule has 1 atom stereocenters. The van der Waals surface area contributed by atoms with Crippen molar-refractivity contribution >= 4 is 29.0 Å². The van der Waals surface area contributed by atoms with Crippen LogP contribution in [0.5, 0.6) is 0 Å². The molecule has 4 rings (SSSR count). The summed E-state index contributed by atoms with van der Waals surface area (Å²) in [5, 5.41) is 7.14. The van der Waals surface area contributed by atoms with E-state index in [2.05, 4.69) is 30.6 Å². The number of hydrogen-bond acceptors (Lipinski definition) is 6. The number of carbonyl (C=O) groups excluding carboxylic acids is 2. The third kappa shape index (κ3) is 5.46. The number of hydrogen-bond donors (Lipinski definition) is 2. The van der Waals surface area contributed by atoms with Crippen molar-refractivity contribution in [2.24, 2.45) is 11.0 Å². The highest BCUT2D eigenvalue weighted by Gasteiger charge is 2.21. The van der Waals surface area contributed by atoms with Gasteiger partial charge in [-0.3, -0.25) is 14.5 Å². The molecule has 2 aromatic rings. The Morgan fingerprint density at radius 1 is 1.13 bits per heavy atom. The fourth-order valence-corrected chi connectivity index (χ4v) is 3.95. The van der Waals surface area contributed by atoms with Crippen molar-refractivity contribution in [2.45, 2.75) is 19.8 Å². The summed E-state index contributed by atoms with van der Waals surface area (Å²) in [6, 6.07) is 13.6. The molecule has 2 amide bonds. The van der Waals surface area contributed by atoms with Crippen molar-refractivity contribution in [2.75, 3.05) is 42.9 Å². The highest BCUT2D eigenvalue weighted by molar-refractivity contribution is 6.06. The van der Waals surface area contributed by atoms with Crippen molar-refractivity contribution in [3.8, 4) is 0 Å². The average Bonchev–Trinajstić information content (AvgIpc) is 2.79. The van der Waals surface area contributed by atoms with Gasteiger partial charge in [0.05, 0.1) is 5.71 Å². The van der Waals surface area contributed by atoms with Gasteiger partial charge in [-0.1, -0.05) is 25.1 Å². The molecule has 3 heterocycles. The Kier molecular flexibility index (Phi) is 6.57. The zero-order valence-corrected chi connectivity index (χ0v) is 17.8. The van der Waals surface area contributed by atoms with E-state index >= 15 is 0 Å². The Morgan fingerprint density at radius 2 is 1.90 bits per heavy atom. The molecule has 0 bridgehead atoms. The van der Waals surface area contributed by atoms with Gasteiger partial charge in [-0.15, -0.1) is 0 Å². The van der Waals surface area contributed by atoms with Gasteiger partial charge in [0.25, 0.3) is 0 Å². The second-order valence-electron chi connectivity index (χ2n) is 8.03. The maximum Gasteiger partial charge on any atom is 0.240 e. The summed E-state index contributed by atoms with van der Waals surface area (Å²) in [5.74, 6) is 1.04. The number of pyridine rings is 1. The molecule has 1 aromatic heterocycles. The minimum atomic E-state index is -0.0571. The summed E-state index contributed by atoms with van der Waals surface area (Å²) in [6.07, 6.45) is 2.72. The van der Waals surface area contributed by atoms with E-state index < -0.39 is 0 Å². The number of amides is 2. The monoisotopic (exact) mass is 420 g/mol. The highest BCUT2D eigenvalue weighted by atomic mass is 16.2. The SMILES string of the molecule is CC1CC(=O)NN=C1c1ccc(NC(=O)CCN2CCN(c3ccccn3)CC2)cc1. The van der Waals surface area contributed by atoms with E-state index in [9.17, 15) is 9.59 Å². The smallest absolute Gasteiger partial charge is 0.240 e. The first-order valence-corrected chi connectivity index (χ1v) is 10.7. The third-order valence-electron chi connectivity index (χ3n) is 5.72. The summed E-state index contributed by atoms with van der Waals surface area (Å²) in [6.45, 7) is 6.42. The van der Waals surface area contributed by atoms with Crippen LogP contribution in [0, 0.1) is 5.92 Å². The van der Waals surface area contributed by atoms with Crippen LogP contribution in [0.15, 0.2) is 53.8 Å². The zero-order chi connectivity index (χ0) is 21.6. The zero-order valence-electron chi connectivity index (χ0n) is 17.8. The molecule has 31 heavy (non-hydrogen) atoms. The molecular formula is C23H28N6O2. The molecule has 2 N–H and O–H groups in total. The number of aromatic nitrogens is 1.